The van der Waals surface area contributed by atoms with Crippen LogP contribution in [0.25, 0.3) is 10.9 Å². The first-order valence-corrected chi connectivity index (χ1v) is 7.97. The molecule has 1 aromatic carbocycles. The molecule has 0 aliphatic carbocycles. The Morgan fingerprint density at radius 1 is 1.30 bits per heavy atom. The van der Waals surface area contributed by atoms with Gasteiger partial charge in [0.2, 0.25) is 0 Å². The van der Waals surface area contributed by atoms with Crippen LogP contribution in [0, 0.1) is 6.92 Å². The minimum absolute atomic E-state index is 0.633. The second-order valence-corrected chi connectivity index (χ2v) is 5.91. The van der Waals surface area contributed by atoms with Gasteiger partial charge in [-0.3, -0.25) is 4.68 Å². The Balaban J connectivity index is 1.48. The fourth-order valence-corrected chi connectivity index (χ4v) is 2.69. The lowest BCUT2D eigenvalue weighted by molar-refractivity contribution is 0.620. The van der Waals surface area contributed by atoms with Crippen molar-refractivity contribution in [2.24, 2.45) is 7.05 Å². The number of aromatic nitrogens is 4. The van der Waals surface area contributed by atoms with Gasteiger partial charge < -0.3 is 15.2 Å². The van der Waals surface area contributed by atoms with Crippen molar-refractivity contribution in [1.29, 1.82) is 0 Å². The highest BCUT2D eigenvalue weighted by molar-refractivity contribution is 7.80. The highest BCUT2D eigenvalue weighted by atomic mass is 32.1. The average Bonchev–Trinajstić information content (AvgIpc) is 3.10. The molecule has 0 amide bonds. The third-order valence-corrected chi connectivity index (χ3v) is 4.04. The van der Waals surface area contributed by atoms with Gasteiger partial charge in [-0.25, -0.2) is 4.98 Å². The van der Waals surface area contributed by atoms with E-state index in [1.165, 1.54) is 5.69 Å². The van der Waals surface area contributed by atoms with Gasteiger partial charge in [0.05, 0.1) is 18.0 Å². The molecule has 0 radical (unpaired) electrons. The van der Waals surface area contributed by atoms with Gasteiger partial charge in [0.15, 0.2) is 5.11 Å². The highest BCUT2D eigenvalue weighted by Crippen LogP contribution is 2.18. The van der Waals surface area contributed by atoms with E-state index < -0.39 is 0 Å². The van der Waals surface area contributed by atoms with E-state index in [-0.39, 0.29) is 0 Å². The smallest absolute Gasteiger partial charge is 0.170 e. The number of nitrogens with zero attached hydrogens (tertiary/aromatic N) is 4. The molecule has 3 rings (SSSR count). The van der Waals surface area contributed by atoms with Crippen LogP contribution in [0.1, 0.15) is 12.1 Å². The molecular weight excluding hydrogens is 308 g/mol. The molecule has 0 fully saturated rings. The van der Waals surface area contributed by atoms with Crippen molar-refractivity contribution in [1.82, 2.24) is 24.6 Å². The van der Waals surface area contributed by atoms with E-state index in [2.05, 4.69) is 32.2 Å². The fourth-order valence-electron chi connectivity index (χ4n) is 2.47. The van der Waals surface area contributed by atoms with Crippen LogP contribution >= 0.6 is 12.2 Å². The fraction of sp³-hybridized carbons (Fsp3) is 0.312. The molecule has 0 bridgehead atoms. The number of hydrogen-bond acceptors (Lipinski definition) is 3. The molecule has 7 heteroatoms. The molecule has 0 saturated heterocycles. The monoisotopic (exact) mass is 328 g/mol. The van der Waals surface area contributed by atoms with E-state index in [1.54, 1.807) is 0 Å². The van der Waals surface area contributed by atoms with Crippen LogP contribution in [0.4, 0.5) is 5.69 Å². The number of hydrogen-bond donors (Lipinski definition) is 2. The number of benzene rings is 1. The summed E-state index contributed by atoms with van der Waals surface area (Å²) in [5, 5.41) is 12.4. The Hall–Kier alpha value is -2.41. The van der Waals surface area contributed by atoms with Gasteiger partial charge in [-0.1, -0.05) is 0 Å². The predicted octanol–water partition coefficient (Wildman–Crippen LogP) is 2.45. The van der Waals surface area contributed by atoms with Crippen molar-refractivity contribution in [3.8, 4) is 0 Å². The van der Waals surface area contributed by atoms with Crippen molar-refractivity contribution < 1.29 is 0 Å². The van der Waals surface area contributed by atoms with E-state index in [9.17, 15) is 0 Å². The summed E-state index contributed by atoms with van der Waals surface area (Å²) in [6.45, 7) is 3.81. The zero-order chi connectivity index (χ0) is 16.2. The summed E-state index contributed by atoms with van der Waals surface area (Å²) in [6, 6.07) is 6.09. The van der Waals surface area contributed by atoms with Crippen molar-refractivity contribution in [3.05, 3.63) is 42.6 Å². The van der Waals surface area contributed by atoms with E-state index in [4.69, 9.17) is 12.2 Å². The maximum Gasteiger partial charge on any atom is 0.170 e. The van der Waals surface area contributed by atoms with E-state index in [1.807, 2.05) is 48.6 Å². The molecule has 0 spiro atoms. The average molecular weight is 328 g/mol. The topological polar surface area (TPSA) is 59.7 Å². The number of anilines is 1. The largest absolute Gasteiger partial charge is 0.362 e. The van der Waals surface area contributed by atoms with Crippen LogP contribution in [0.5, 0.6) is 0 Å². The SMILES string of the molecule is Cc1cncn1CCCNC(=S)Nc1ccc2cnn(C)c2c1. The first kappa shape index (κ1) is 15.5. The molecule has 0 unspecified atom stereocenters. The third kappa shape index (κ3) is 3.68. The minimum Gasteiger partial charge on any atom is -0.362 e. The number of thiocarbonyl (C=S) groups is 1. The second-order valence-electron chi connectivity index (χ2n) is 5.50. The number of fused-ring (bicyclic) bond motifs is 1. The normalized spacial score (nSPS) is 10.9. The predicted molar refractivity (Wildman–Crippen MR) is 96.5 cm³/mol. The molecule has 2 aromatic heterocycles. The van der Waals surface area contributed by atoms with Crippen molar-refractivity contribution in [2.45, 2.75) is 19.9 Å². The van der Waals surface area contributed by atoms with E-state index in [0.717, 1.165) is 36.1 Å². The highest BCUT2D eigenvalue weighted by Gasteiger charge is 2.03. The molecule has 0 atom stereocenters. The van der Waals surface area contributed by atoms with Crippen LogP contribution in [0.15, 0.2) is 36.9 Å². The molecule has 2 heterocycles. The summed E-state index contributed by atoms with van der Waals surface area (Å²) in [5.74, 6) is 0. The lowest BCUT2D eigenvalue weighted by Gasteiger charge is -2.11. The van der Waals surface area contributed by atoms with Crippen molar-refractivity contribution >= 4 is 33.9 Å². The Morgan fingerprint density at radius 2 is 2.17 bits per heavy atom. The molecule has 23 heavy (non-hydrogen) atoms. The Kier molecular flexibility index (Phi) is 4.57. The number of aryl methyl sites for hydroxylation is 3. The van der Waals surface area contributed by atoms with Crippen LogP contribution in [-0.2, 0) is 13.6 Å². The second kappa shape index (κ2) is 6.78. The van der Waals surface area contributed by atoms with Gasteiger partial charge in [-0.15, -0.1) is 0 Å². The Labute approximate surface area is 140 Å². The Bertz CT molecular complexity index is 819. The number of nitrogens with one attached hydrogen (secondary N) is 2. The molecule has 3 aromatic rings. The van der Waals surface area contributed by atoms with Crippen LogP contribution in [0.3, 0.4) is 0 Å². The molecule has 0 aliphatic rings. The van der Waals surface area contributed by atoms with Crippen LogP contribution in [-0.4, -0.2) is 31.0 Å². The lowest BCUT2D eigenvalue weighted by atomic mass is 10.2. The summed E-state index contributed by atoms with van der Waals surface area (Å²) in [7, 11) is 1.93. The van der Waals surface area contributed by atoms with Gasteiger partial charge in [0.1, 0.15) is 0 Å². The van der Waals surface area contributed by atoms with Crippen LogP contribution in [0.2, 0.25) is 0 Å². The summed E-state index contributed by atoms with van der Waals surface area (Å²) in [5.41, 5.74) is 3.22. The van der Waals surface area contributed by atoms with Gasteiger partial charge >= 0.3 is 0 Å². The summed E-state index contributed by atoms with van der Waals surface area (Å²) >= 11 is 5.35. The number of rotatable bonds is 5. The zero-order valence-corrected chi connectivity index (χ0v) is 14.1. The molecule has 0 aliphatic heterocycles. The minimum atomic E-state index is 0.633. The molecule has 0 saturated carbocycles. The molecule has 2 N–H and O–H groups in total. The van der Waals surface area contributed by atoms with E-state index in [0.29, 0.717) is 5.11 Å². The maximum atomic E-state index is 5.35. The van der Waals surface area contributed by atoms with Gasteiger partial charge in [-0.05, 0) is 43.8 Å². The molecule has 6 nitrogen and oxygen atoms in total. The lowest BCUT2D eigenvalue weighted by Crippen LogP contribution is -2.29. The van der Waals surface area contributed by atoms with Gasteiger partial charge in [-0.2, -0.15) is 5.10 Å². The van der Waals surface area contributed by atoms with Gasteiger partial charge in [0, 0.05) is 43.1 Å². The van der Waals surface area contributed by atoms with Crippen molar-refractivity contribution in [2.75, 3.05) is 11.9 Å². The van der Waals surface area contributed by atoms with Crippen LogP contribution < -0.4 is 10.6 Å². The Morgan fingerprint density at radius 3 is 2.96 bits per heavy atom. The van der Waals surface area contributed by atoms with Gasteiger partial charge in [0.25, 0.3) is 0 Å². The van der Waals surface area contributed by atoms with Crippen molar-refractivity contribution in [3.63, 3.8) is 0 Å². The standard InChI is InChI=1S/C16H20N6S/c1-12-9-17-11-22(12)7-3-6-18-16(23)20-14-5-4-13-10-19-21(2)15(13)8-14/h4-5,8-11H,3,6-7H2,1-2H3,(H2,18,20,23). The molecule has 120 valence electrons. The quantitative estimate of drug-likeness (QED) is 0.556. The zero-order valence-electron chi connectivity index (χ0n) is 13.3. The number of imidazole rings is 1. The first-order valence-electron chi connectivity index (χ1n) is 7.57. The van der Waals surface area contributed by atoms with E-state index >= 15 is 0 Å². The first-order chi connectivity index (χ1) is 11.1. The maximum absolute atomic E-state index is 5.35. The summed E-state index contributed by atoms with van der Waals surface area (Å²) in [4.78, 5) is 4.12. The molecular formula is C16H20N6S. The third-order valence-electron chi connectivity index (χ3n) is 3.79. The summed E-state index contributed by atoms with van der Waals surface area (Å²) in [6.07, 6.45) is 6.57. The summed E-state index contributed by atoms with van der Waals surface area (Å²) < 4.78 is 3.99.